The standard InChI is InChI=1S/C13H26N2/c1-11(12-8-14-9-12)7-15-10-13(2)5-3-4-6-13/h11-12,14-15H,3-10H2,1-2H3. The summed E-state index contributed by atoms with van der Waals surface area (Å²) in [6, 6.07) is 0. The highest BCUT2D eigenvalue weighted by Gasteiger charge is 2.29. The molecule has 1 heterocycles. The molecule has 1 aliphatic heterocycles. The van der Waals surface area contributed by atoms with Crippen molar-refractivity contribution in [2.24, 2.45) is 17.3 Å². The summed E-state index contributed by atoms with van der Waals surface area (Å²) in [5.41, 5.74) is 0.609. The fourth-order valence-electron chi connectivity index (χ4n) is 2.89. The summed E-state index contributed by atoms with van der Waals surface area (Å²) in [6.45, 7) is 9.75. The van der Waals surface area contributed by atoms with Crippen molar-refractivity contribution in [1.82, 2.24) is 10.6 Å². The van der Waals surface area contributed by atoms with Crippen LogP contribution in [0.1, 0.15) is 39.5 Å². The van der Waals surface area contributed by atoms with Crippen LogP contribution in [-0.2, 0) is 0 Å². The zero-order chi connectivity index (χ0) is 10.7. The topological polar surface area (TPSA) is 24.1 Å². The molecule has 0 aromatic carbocycles. The van der Waals surface area contributed by atoms with Crippen LogP contribution >= 0.6 is 0 Å². The third-order valence-electron chi connectivity index (χ3n) is 4.45. The van der Waals surface area contributed by atoms with Crippen LogP contribution in [0.3, 0.4) is 0 Å². The van der Waals surface area contributed by atoms with E-state index in [-0.39, 0.29) is 0 Å². The van der Waals surface area contributed by atoms with Gasteiger partial charge in [-0.1, -0.05) is 26.7 Å². The molecule has 0 amide bonds. The third kappa shape index (κ3) is 2.94. The third-order valence-corrected chi connectivity index (χ3v) is 4.45. The largest absolute Gasteiger partial charge is 0.316 e. The zero-order valence-electron chi connectivity index (χ0n) is 10.3. The minimum atomic E-state index is 0.609. The Morgan fingerprint density at radius 1 is 1.33 bits per heavy atom. The highest BCUT2D eigenvalue weighted by Crippen LogP contribution is 2.36. The predicted molar refractivity (Wildman–Crippen MR) is 65.0 cm³/mol. The van der Waals surface area contributed by atoms with E-state index < -0.39 is 0 Å². The lowest BCUT2D eigenvalue weighted by Crippen LogP contribution is -2.48. The molecule has 0 bridgehead atoms. The maximum atomic E-state index is 3.69. The molecule has 2 fully saturated rings. The van der Waals surface area contributed by atoms with Crippen molar-refractivity contribution in [2.45, 2.75) is 39.5 Å². The normalized spacial score (nSPS) is 27.6. The van der Waals surface area contributed by atoms with Crippen LogP contribution in [0.2, 0.25) is 0 Å². The van der Waals surface area contributed by atoms with Gasteiger partial charge in [-0.05, 0) is 49.7 Å². The molecule has 0 aromatic rings. The Morgan fingerprint density at radius 3 is 2.53 bits per heavy atom. The average molecular weight is 210 g/mol. The van der Waals surface area contributed by atoms with Gasteiger partial charge in [0.05, 0.1) is 0 Å². The Balaban J connectivity index is 1.61. The van der Waals surface area contributed by atoms with Gasteiger partial charge in [0.2, 0.25) is 0 Å². The Morgan fingerprint density at radius 2 is 2.00 bits per heavy atom. The number of hydrogen-bond donors (Lipinski definition) is 2. The van der Waals surface area contributed by atoms with Crippen molar-refractivity contribution in [3.63, 3.8) is 0 Å². The van der Waals surface area contributed by atoms with E-state index in [0.29, 0.717) is 5.41 Å². The molecule has 2 heteroatoms. The van der Waals surface area contributed by atoms with Crippen LogP contribution in [0, 0.1) is 17.3 Å². The van der Waals surface area contributed by atoms with Gasteiger partial charge in [0.1, 0.15) is 0 Å². The van der Waals surface area contributed by atoms with Crippen LogP contribution in [0.4, 0.5) is 0 Å². The fraction of sp³-hybridized carbons (Fsp3) is 1.00. The van der Waals surface area contributed by atoms with Gasteiger partial charge in [-0.2, -0.15) is 0 Å². The molecule has 1 atom stereocenters. The van der Waals surface area contributed by atoms with Crippen molar-refractivity contribution < 1.29 is 0 Å². The van der Waals surface area contributed by atoms with E-state index in [1.807, 2.05) is 0 Å². The van der Waals surface area contributed by atoms with E-state index in [0.717, 1.165) is 11.8 Å². The first-order valence-corrected chi connectivity index (χ1v) is 6.61. The van der Waals surface area contributed by atoms with Crippen molar-refractivity contribution in [3.8, 4) is 0 Å². The molecule has 1 aliphatic carbocycles. The van der Waals surface area contributed by atoms with Gasteiger partial charge in [-0.15, -0.1) is 0 Å². The van der Waals surface area contributed by atoms with Crippen molar-refractivity contribution in [2.75, 3.05) is 26.2 Å². The molecule has 15 heavy (non-hydrogen) atoms. The molecule has 2 nitrogen and oxygen atoms in total. The maximum Gasteiger partial charge on any atom is 0.000528 e. The Labute approximate surface area is 94.2 Å². The number of hydrogen-bond acceptors (Lipinski definition) is 2. The Bertz CT molecular complexity index is 193. The molecule has 1 saturated heterocycles. The lowest BCUT2D eigenvalue weighted by atomic mass is 9.87. The summed E-state index contributed by atoms with van der Waals surface area (Å²) in [5.74, 6) is 1.77. The van der Waals surface area contributed by atoms with Crippen LogP contribution in [0.5, 0.6) is 0 Å². The molecule has 2 aliphatic rings. The van der Waals surface area contributed by atoms with E-state index in [1.54, 1.807) is 0 Å². The molecule has 0 spiro atoms. The van der Waals surface area contributed by atoms with E-state index in [4.69, 9.17) is 0 Å². The van der Waals surface area contributed by atoms with Crippen molar-refractivity contribution in [1.29, 1.82) is 0 Å². The first kappa shape index (κ1) is 11.4. The number of nitrogens with one attached hydrogen (secondary N) is 2. The molecule has 1 saturated carbocycles. The van der Waals surface area contributed by atoms with Gasteiger partial charge in [0, 0.05) is 6.54 Å². The second kappa shape index (κ2) is 4.84. The maximum absolute atomic E-state index is 3.69. The Kier molecular flexibility index (Phi) is 3.68. The second-order valence-corrected chi connectivity index (χ2v) is 6.04. The first-order valence-electron chi connectivity index (χ1n) is 6.61. The Hall–Kier alpha value is -0.0800. The lowest BCUT2D eigenvalue weighted by molar-refractivity contribution is 0.229. The van der Waals surface area contributed by atoms with Gasteiger partial charge >= 0.3 is 0 Å². The molecular weight excluding hydrogens is 184 g/mol. The minimum absolute atomic E-state index is 0.609. The summed E-state index contributed by atoms with van der Waals surface area (Å²) in [6.07, 6.45) is 5.75. The smallest absolute Gasteiger partial charge is 0.000528 e. The fourth-order valence-corrected chi connectivity index (χ4v) is 2.89. The van der Waals surface area contributed by atoms with Crippen LogP contribution in [-0.4, -0.2) is 26.2 Å². The second-order valence-electron chi connectivity index (χ2n) is 6.04. The van der Waals surface area contributed by atoms with Gasteiger partial charge in [-0.25, -0.2) is 0 Å². The highest BCUT2D eigenvalue weighted by atomic mass is 15.0. The summed E-state index contributed by atoms with van der Waals surface area (Å²) in [4.78, 5) is 0. The highest BCUT2D eigenvalue weighted by molar-refractivity contribution is 4.84. The van der Waals surface area contributed by atoms with Crippen LogP contribution < -0.4 is 10.6 Å². The monoisotopic (exact) mass is 210 g/mol. The first-order chi connectivity index (χ1) is 7.20. The molecular formula is C13H26N2. The summed E-state index contributed by atoms with van der Waals surface area (Å²) in [7, 11) is 0. The van der Waals surface area contributed by atoms with Gasteiger partial charge < -0.3 is 10.6 Å². The van der Waals surface area contributed by atoms with Gasteiger partial charge in [-0.3, -0.25) is 0 Å². The van der Waals surface area contributed by atoms with E-state index in [1.165, 1.54) is 51.9 Å². The molecule has 2 N–H and O–H groups in total. The van der Waals surface area contributed by atoms with Crippen LogP contribution in [0.15, 0.2) is 0 Å². The SMILES string of the molecule is CC(CNCC1(C)CCCC1)C1CNC1. The lowest BCUT2D eigenvalue weighted by Gasteiger charge is -2.33. The minimum Gasteiger partial charge on any atom is -0.316 e. The van der Waals surface area contributed by atoms with Gasteiger partial charge in [0.25, 0.3) is 0 Å². The quantitative estimate of drug-likeness (QED) is 0.725. The summed E-state index contributed by atoms with van der Waals surface area (Å²) < 4.78 is 0. The predicted octanol–water partition coefficient (Wildman–Crippen LogP) is 2.01. The van der Waals surface area contributed by atoms with Crippen LogP contribution in [0.25, 0.3) is 0 Å². The van der Waals surface area contributed by atoms with E-state index in [2.05, 4.69) is 24.5 Å². The van der Waals surface area contributed by atoms with Gasteiger partial charge in [0.15, 0.2) is 0 Å². The summed E-state index contributed by atoms with van der Waals surface area (Å²) >= 11 is 0. The molecule has 1 unspecified atom stereocenters. The molecule has 0 aromatic heterocycles. The van der Waals surface area contributed by atoms with E-state index >= 15 is 0 Å². The number of rotatable bonds is 5. The van der Waals surface area contributed by atoms with Crippen molar-refractivity contribution >= 4 is 0 Å². The zero-order valence-corrected chi connectivity index (χ0v) is 10.3. The molecule has 88 valence electrons. The average Bonchev–Trinajstić information content (AvgIpc) is 2.49. The molecule has 0 radical (unpaired) electrons. The summed E-state index contributed by atoms with van der Waals surface area (Å²) in [5, 5.41) is 7.04. The molecule has 2 rings (SSSR count). The van der Waals surface area contributed by atoms with E-state index in [9.17, 15) is 0 Å². The van der Waals surface area contributed by atoms with Crippen molar-refractivity contribution in [3.05, 3.63) is 0 Å².